The number of allylic oxidation sites excluding steroid dienone is 1. The van der Waals surface area contributed by atoms with Gasteiger partial charge in [-0.3, -0.25) is 13.9 Å². The Kier molecular flexibility index (Phi) is 6.38. The molecule has 0 amide bonds. The van der Waals surface area contributed by atoms with Gasteiger partial charge in [-0.05, 0) is 42.5 Å². The number of methoxy groups -OCH3 is 1. The van der Waals surface area contributed by atoms with Gasteiger partial charge in [-0.2, -0.15) is 0 Å². The minimum absolute atomic E-state index is 0.0206. The number of thioether (sulfide) groups is 1. The van der Waals surface area contributed by atoms with E-state index in [1.54, 1.807) is 50.2 Å². The molecule has 3 N–H and O–H groups in total. The van der Waals surface area contributed by atoms with E-state index in [9.17, 15) is 14.7 Å². The molecular weight excluding hydrogens is 434 g/mol. The summed E-state index contributed by atoms with van der Waals surface area (Å²) in [6.45, 7) is 2.52. The molecule has 0 spiro atoms. The van der Waals surface area contributed by atoms with Crippen LogP contribution < -0.4 is 36.3 Å². The van der Waals surface area contributed by atoms with E-state index in [2.05, 4.69) is 10.6 Å². The molecule has 1 aromatic carbocycles. The molecule has 0 radical (unpaired) electrons. The molecule has 0 saturated heterocycles. The number of hydrogen-bond acceptors (Lipinski definition) is 9. The molecule has 32 heavy (non-hydrogen) atoms. The number of benzene rings is 1. The summed E-state index contributed by atoms with van der Waals surface area (Å²) in [4.78, 5) is 29.1. The molecule has 2 atom stereocenters. The second-order valence-corrected chi connectivity index (χ2v) is 8.99. The maximum absolute atomic E-state index is 13.3. The van der Waals surface area contributed by atoms with Gasteiger partial charge in [0.15, 0.2) is 0 Å². The lowest BCUT2D eigenvalue weighted by Crippen LogP contribution is -2.47. The molecule has 2 aliphatic heterocycles. The predicted molar refractivity (Wildman–Crippen MR) is 124 cm³/mol. The summed E-state index contributed by atoms with van der Waals surface area (Å²) in [5.41, 5.74) is -0.473. The Morgan fingerprint density at radius 1 is 1.19 bits per heavy atom. The predicted octanol–water partition coefficient (Wildman–Crippen LogP) is 1.06. The smallest absolute Gasteiger partial charge is 0.332 e. The molecule has 2 aliphatic rings. The third-order valence-electron chi connectivity index (χ3n) is 5.37. The standard InChI is InChI=1S/C21H27N5O5S/c1-13-11-22-16(32-13)12-26-17-18(24(2)21(29)25(19(17)28)9-4-10-27)23-20(26)31-15-7-5-14(30-3)6-8-15/h5-8,11,16,20,22-23,27H,4,9-10,12H2,1-3H3. The molecule has 11 heteroatoms. The first-order chi connectivity index (χ1) is 15.4. The van der Waals surface area contributed by atoms with E-state index in [0.29, 0.717) is 36.0 Å². The maximum Gasteiger partial charge on any atom is 0.332 e. The van der Waals surface area contributed by atoms with Crippen LogP contribution in [-0.4, -0.2) is 46.2 Å². The fourth-order valence-corrected chi connectivity index (χ4v) is 4.70. The fraction of sp³-hybridized carbons (Fsp3) is 0.429. The highest BCUT2D eigenvalue weighted by Gasteiger charge is 2.38. The normalized spacial score (nSPS) is 19.2. The van der Waals surface area contributed by atoms with Gasteiger partial charge in [0.25, 0.3) is 11.9 Å². The van der Waals surface area contributed by atoms with Gasteiger partial charge in [0, 0.05) is 26.4 Å². The lowest BCUT2D eigenvalue weighted by Gasteiger charge is -2.28. The summed E-state index contributed by atoms with van der Waals surface area (Å²) < 4.78 is 14.0. The molecule has 4 rings (SSSR count). The highest BCUT2D eigenvalue weighted by atomic mass is 32.2. The highest BCUT2D eigenvalue weighted by Crippen LogP contribution is 2.34. The maximum atomic E-state index is 13.3. The number of hydrogen-bond donors (Lipinski definition) is 3. The van der Waals surface area contributed by atoms with Crippen molar-refractivity contribution in [2.45, 2.75) is 31.6 Å². The number of rotatable bonds is 8. The Labute approximate surface area is 189 Å². The van der Waals surface area contributed by atoms with Gasteiger partial charge in [0.05, 0.1) is 19.0 Å². The van der Waals surface area contributed by atoms with Gasteiger partial charge in [0.2, 0.25) is 0 Å². The number of aromatic nitrogens is 2. The molecule has 0 fully saturated rings. The van der Waals surface area contributed by atoms with E-state index in [4.69, 9.17) is 9.47 Å². The summed E-state index contributed by atoms with van der Waals surface area (Å²) in [5.74, 6) is 1.71. The van der Waals surface area contributed by atoms with Crippen molar-refractivity contribution in [1.82, 2.24) is 14.5 Å². The summed E-state index contributed by atoms with van der Waals surface area (Å²) in [5, 5.41) is 15.7. The van der Waals surface area contributed by atoms with Crippen molar-refractivity contribution in [2.24, 2.45) is 7.05 Å². The molecule has 3 heterocycles. The van der Waals surface area contributed by atoms with Crippen LogP contribution in [0.4, 0.5) is 11.5 Å². The number of aliphatic hydroxyl groups is 1. The molecule has 0 aliphatic carbocycles. The SMILES string of the molecule is COc1ccc(OC2Nc3c(c(=O)n(CCCO)c(=O)n3C)N2CC2NC=C(C)S2)cc1. The third-order valence-corrected chi connectivity index (χ3v) is 6.43. The van der Waals surface area contributed by atoms with Crippen LogP contribution in [-0.2, 0) is 13.6 Å². The van der Waals surface area contributed by atoms with Crippen molar-refractivity contribution in [3.8, 4) is 11.5 Å². The van der Waals surface area contributed by atoms with Gasteiger partial charge in [-0.15, -0.1) is 11.8 Å². The number of nitrogens with one attached hydrogen (secondary N) is 2. The first-order valence-corrected chi connectivity index (χ1v) is 11.2. The van der Waals surface area contributed by atoms with Crippen LogP contribution in [0.15, 0.2) is 45.0 Å². The van der Waals surface area contributed by atoms with Crippen LogP contribution in [0.3, 0.4) is 0 Å². The van der Waals surface area contributed by atoms with Crippen molar-refractivity contribution in [3.05, 3.63) is 56.2 Å². The van der Waals surface area contributed by atoms with Crippen LogP contribution >= 0.6 is 11.8 Å². The topological polar surface area (TPSA) is 110 Å². The fourth-order valence-electron chi connectivity index (χ4n) is 3.75. The number of nitrogens with zero attached hydrogens (tertiary/aromatic N) is 3. The van der Waals surface area contributed by atoms with E-state index in [0.717, 1.165) is 9.47 Å². The first-order valence-electron chi connectivity index (χ1n) is 10.3. The molecule has 0 bridgehead atoms. The minimum atomic E-state index is -0.686. The first kappa shape index (κ1) is 22.2. The van der Waals surface area contributed by atoms with Gasteiger partial charge in [-0.25, -0.2) is 4.79 Å². The lowest BCUT2D eigenvalue weighted by molar-refractivity contribution is 0.228. The van der Waals surface area contributed by atoms with Gasteiger partial charge in [-0.1, -0.05) is 0 Å². The number of anilines is 2. The molecule has 1 aromatic heterocycles. The van der Waals surface area contributed by atoms with E-state index in [1.165, 1.54) is 4.57 Å². The van der Waals surface area contributed by atoms with E-state index < -0.39 is 17.6 Å². The second kappa shape index (κ2) is 9.21. The minimum Gasteiger partial charge on any atom is -0.497 e. The van der Waals surface area contributed by atoms with Gasteiger partial charge in [0.1, 0.15) is 23.0 Å². The quantitative estimate of drug-likeness (QED) is 0.531. The third kappa shape index (κ3) is 4.17. The van der Waals surface area contributed by atoms with Gasteiger partial charge >= 0.3 is 5.69 Å². The van der Waals surface area contributed by atoms with Crippen molar-refractivity contribution in [1.29, 1.82) is 0 Å². The van der Waals surface area contributed by atoms with Crippen LogP contribution in [0, 0.1) is 0 Å². The van der Waals surface area contributed by atoms with Crippen molar-refractivity contribution >= 4 is 23.3 Å². The molecule has 2 aromatic rings. The lowest BCUT2D eigenvalue weighted by atomic mass is 10.3. The zero-order chi connectivity index (χ0) is 22.8. The summed E-state index contributed by atoms with van der Waals surface area (Å²) >= 11 is 1.67. The van der Waals surface area contributed by atoms with Gasteiger partial charge < -0.3 is 30.1 Å². The monoisotopic (exact) mass is 461 g/mol. The van der Waals surface area contributed by atoms with Crippen LogP contribution in [0.25, 0.3) is 0 Å². The van der Waals surface area contributed by atoms with Crippen LogP contribution in [0.1, 0.15) is 13.3 Å². The number of ether oxygens (including phenoxy) is 2. The Hall–Kier alpha value is -3.05. The Balaban J connectivity index is 1.71. The van der Waals surface area contributed by atoms with Crippen molar-refractivity contribution in [2.75, 3.05) is 30.5 Å². The summed E-state index contributed by atoms with van der Waals surface area (Å²) in [7, 11) is 3.21. The molecule has 172 valence electrons. The van der Waals surface area contributed by atoms with E-state index in [-0.39, 0.29) is 18.5 Å². The number of fused-ring (bicyclic) bond motifs is 1. The highest BCUT2D eigenvalue weighted by molar-refractivity contribution is 8.03. The average molecular weight is 462 g/mol. The van der Waals surface area contributed by atoms with Crippen LogP contribution in [0.2, 0.25) is 0 Å². The Morgan fingerprint density at radius 2 is 1.91 bits per heavy atom. The number of aliphatic hydroxyl groups excluding tert-OH is 1. The largest absolute Gasteiger partial charge is 0.497 e. The van der Waals surface area contributed by atoms with Crippen LogP contribution in [0.5, 0.6) is 11.5 Å². The Bertz CT molecular complexity index is 1130. The van der Waals surface area contributed by atoms with Crippen molar-refractivity contribution in [3.63, 3.8) is 0 Å². The molecule has 10 nitrogen and oxygen atoms in total. The van der Waals surface area contributed by atoms with E-state index in [1.807, 2.05) is 18.0 Å². The summed E-state index contributed by atoms with van der Waals surface area (Å²) in [6, 6.07) is 7.16. The molecule has 0 saturated carbocycles. The van der Waals surface area contributed by atoms with Crippen molar-refractivity contribution < 1.29 is 14.6 Å². The van der Waals surface area contributed by atoms with E-state index >= 15 is 0 Å². The zero-order valence-corrected chi connectivity index (χ0v) is 19.0. The second-order valence-electron chi connectivity index (χ2n) is 7.54. The average Bonchev–Trinajstić information content (AvgIpc) is 3.36. The zero-order valence-electron chi connectivity index (χ0n) is 18.2. The summed E-state index contributed by atoms with van der Waals surface area (Å²) in [6.07, 6.45) is 1.57. The Morgan fingerprint density at radius 3 is 2.53 bits per heavy atom. The molecular formula is C21H27N5O5S. The molecule has 2 unspecified atom stereocenters.